The van der Waals surface area contributed by atoms with Crippen LogP contribution in [0.3, 0.4) is 0 Å². The predicted molar refractivity (Wildman–Crippen MR) is 136 cm³/mol. The quantitative estimate of drug-likeness (QED) is 0.288. The number of likely N-dealkylation sites (tertiary alicyclic amines) is 1. The van der Waals surface area contributed by atoms with Crippen LogP contribution in [0.25, 0.3) is 22.3 Å². The number of Topliss-reactive ketones (excluding diaryl/α,β-unsaturated/α-hetero) is 1. The van der Waals surface area contributed by atoms with Gasteiger partial charge >= 0.3 is 0 Å². The van der Waals surface area contributed by atoms with Gasteiger partial charge in [-0.05, 0) is 64.1 Å². The molecule has 0 unspecified atom stereocenters. The first kappa shape index (κ1) is 21.6. The average Bonchev–Trinajstić information content (AvgIpc) is 3.41. The van der Waals surface area contributed by atoms with E-state index in [0.717, 1.165) is 42.8 Å². The van der Waals surface area contributed by atoms with Gasteiger partial charge in [-0.25, -0.2) is 0 Å². The van der Waals surface area contributed by atoms with Gasteiger partial charge < -0.3 is 4.74 Å². The van der Waals surface area contributed by atoms with Crippen LogP contribution in [-0.2, 0) is 0 Å². The summed E-state index contributed by atoms with van der Waals surface area (Å²) in [6.45, 7) is 2.23. The van der Waals surface area contributed by atoms with Crippen molar-refractivity contribution in [1.29, 1.82) is 0 Å². The van der Waals surface area contributed by atoms with Crippen LogP contribution in [-0.4, -0.2) is 36.4 Å². The number of rotatable bonds is 7. The number of ketones is 1. The average molecular weight is 454 g/mol. The topological polar surface area (TPSA) is 29.5 Å². The lowest BCUT2D eigenvalue weighted by Crippen LogP contribution is -2.40. The molecule has 0 amide bonds. The van der Waals surface area contributed by atoms with E-state index in [-0.39, 0.29) is 11.9 Å². The number of hydrogen-bond donors (Lipinski definition) is 0. The molecule has 0 bridgehead atoms. The minimum Gasteiger partial charge on any atom is -0.490 e. The van der Waals surface area contributed by atoms with Gasteiger partial charge in [-0.3, -0.25) is 9.69 Å². The van der Waals surface area contributed by atoms with Gasteiger partial charge in [-0.15, -0.1) is 0 Å². The Kier molecular flexibility index (Phi) is 6.66. The number of nitrogens with zero attached hydrogens (tertiary/aromatic N) is 1. The molecule has 0 spiro atoms. The molecule has 0 N–H and O–H groups in total. The third-order valence-corrected chi connectivity index (χ3v) is 6.91. The van der Waals surface area contributed by atoms with E-state index in [0.29, 0.717) is 6.54 Å². The van der Waals surface area contributed by atoms with E-state index in [1.807, 2.05) is 42.5 Å². The molecule has 3 nitrogen and oxygen atoms in total. The van der Waals surface area contributed by atoms with Crippen LogP contribution in [0.2, 0.25) is 0 Å². The molecule has 2 heterocycles. The van der Waals surface area contributed by atoms with E-state index >= 15 is 0 Å². The van der Waals surface area contributed by atoms with Gasteiger partial charge in [0.25, 0.3) is 0 Å². The molecule has 3 aromatic carbocycles. The smallest absolute Gasteiger partial charge is 0.176 e. The van der Waals surface area contributed by atoms with Crippen LogP contribution >= 0.6 is 11.3 Å². The summed E-state index contributed by atoms with van der Waals surface area (Å²) in [5.41, 5.74) is 5.54. The molecule has 4 aromatic rings. The number of carbonyl (C=O) groups is 1. The lowest BCUT2D eigenvalue weighted by atomic mass is 10.0. The maximum Gasteiger partial charge on any atom is 0.176 e. The van der Waals surface area contributed by atoms with Crippen molar-refractivity contribution in [3.63, 3.8) is 0 Å². The molecule has 166 valence electrons. The molecule has 0 aliphatic carbocycles. The van der Waals surface area contributed by atoms with E-state index in [4.69, 9.17) is 4.74 Å². The van der Waals surface area contributed by atoms with E-state index in [2.05, 4.69) is 58.1 Å². The number of hydrogen-bond acceptors (Lipinski definition) is 4. The molecule has 5 rings (SSSR count). The first-order valence-electron chi connectivity index (χ1n) is 11.4. The maximum absolute atomic E-state index is 12.8. The Balaban J connectivity index is 1.10. The highest BCUT2D eigenvalue weighted by Gasteiger charge is 2.22. The van der Waals surface area contributed by atoms with E-state index in [1.54, 1.807) is 11.3 Å². The van der Waals surface area contributed by atoms with E-state index in [9.17, 15) is 4.79 Å². The highest BCUT2D eigenvalue weighted by atomic mass is 32.1. The van der Waals surface area contributed by atoms with Gasteiger partial charge in [0.05, 0.1) is 6.54 Å². The third kappa shape index (κ3) is 5.41. The summed E-state index contributed by atoms with van der Waals surface area (Å²) in [6, 6.07) is 28.7. The molecule has 1 fully saturated rings. The summed E-state index contributed by atoms with van der Waals surface area (Å²) in [4.78, 5) is 15.0. The Hall–Kier alpha value is -3.21. The van der Waals surface area contributed by atoms with Crippen molar-refractivity contribution in [3.05, 3.63) is 101 Å². The van der Waals surface area contributed by atoms with Gasteiger partial charge in [-0.1, -0.05) is 66.7 Å². The van der Waals surface area contributed by atoms with Gasteiger partial charge in [0.15, 0.2) is 5.78 Å². The number of thiophene rings is 1. The van der Waals surface area contributed by atoms with Crippen molar-refractivity contribution in [2.75, 3.05) is 19.6 Å². The molecule has 1 aromatic heterocycles. The summed E-state index contributed by atoms with van der Waals surface area (Å²) < 4.78 is 6.21. The highest BCUT2D eigenvalue weighted by Crippen LogP contribution is 2.26. The second-order valence-corrected chi connectivity index (χ2v) is 9.28. The zero-order chi connectivity index (χ0) is 22.5. The Morgan fingerprint density at radius 3 is 2.09 bits per heavy atom. The summed E-state index contributed by atoms with van der Waals surface area (Å²) in [6.07, 6.45) is 2.08. The fourth-order valence-corrected chi connectivity index (χ4v) is 4.97. The van der Waals surface area contributed by atoms with Crippen LogP contribution in [0.15, 0.2) is 95.7 Å². The fraction of sp³-hybridized carbons (Fsp3) is 0.207. The molecular weight excluding hydrogens is 426 g/mol. The largest absolute Gasteiger partial charge is 0.490 e. The number of ether oxygens (including phenoxy) is 1. The van der Waals surface area contributed by atoms with Crippen LogP contribution in [0.4, 0.5) is 0 Å². The predicted octanol–water partition coefficient (Wildman–Crippen LogP) is 6.81. The lowest BCUT2D eigenvalue weighted by Gasteiger charge is -2.31. The van der Waals surface area contributed by atoms with Gasteiger partial charge in [0.2, 0.25) is 0 Å². The number of benzene rings is 3. The number of carbonyl (C=O) groups excluding carboxylic acids is 1. The van der Waals surface area contributed by atoms with Crippen LogP contribution in [0, 0.1) is 0 Å². The van der Waals surface area contributed by atoms with Gasteiger partial charge in [0.1, 0.15) is 11.9 Å². The lowest BCUT2D eigenvalue weighted by molar-refractivity contribution is 0.0791. The summed E-state index contributed by atoms with van der Waals surface area (Å²) in [5, 5.41) is 4.25. The van der Waals surface area contributed by atoms with Crippen molar-refractivity contribution >= 4 is 17.1 Å². The molecule has 1 aliphatic heterocycles. The summed E-state index contributed by atoms with van der Waals surface area (Å²) in [5.74, 6) is 1.10. The highest BCUT2D eigenvalue weighted by molar-refractivity contribution is 7.08. The van der Waals surface area contributed by atoms with Crippen molar-refractivity contribution in [3.8, 4) is 28.0 Å². The molecule has 33 heavy (non-hydrogen) atoms. The second kappa shape index (κ2) is 10.2. The third-order valence-electron chi connectivity index (χ3n) is 6.23. The standard InChI is InChI=1S/C29H27NO2S/c31-29(25-8-6-23(7-9-25)22-4-2-1-3-5-22)20-30-17-14-28(15-18-30)32-27-12-10-24(11-13-27)26-16-19-33-21-26/h1-13,16,19,21,28H,14-15,17-18,20H2. The summed E-state index contributed by atoms with van der Waals surface area (Å²) >= 11 is 1.71. The molecule has 4 heteroatoms. The van der Waals surface area contributed by atoms with Crippen LogP contribution in [0.1, 0.15) is 23.2 Å². The molecule has 1 aliphatic rings. The summed E-state index contributed by atoms with van der Waals surface area (Å²) in [7, 11) is 0. The molecular formula is C29H27NO2S. The zero-order valence-corrected chi connectivity index (χ0v) is 19.3. The van der Waals surface area contributed by atoms with Crippen molar-refractivity contribution < 1.29 is 9.53 Å². The van der Waals surface area contributed by atoms with Crippen LogP contribution in [0.5, 0.6) is 5.75 Å². The minimum absolute atomic E-state index is 0.179. The minimum atomic E-state index is 0.179. The first-order valence-corrected chi connectivity index (χ1v) is 12.4. The van der Waals surface area contributed by atoms with Gasteiger partial charge in [-0.2, -0.15) is 11.3 Å². The second-order valence-electron chi connectivity index (χ2n) is 8.50. The van der Waals surface area contributed by atoms with Crippen molar-refractivity contribution in [2.45, 2.75) is 18.9 Å². The fourth-order valence-electron chi connectivity index (χ4n) is 4.31. The Labute approximate surface area is 199 Å². The Morgan fingerprint density at radius 2 is 1.42 bits per heavy atom. The van der Waals surface area contributed by atoms with Crippen molar-refractivity contribution in [2.24, 2.45) is 0 Å². The van der Waals surface area contributed by atoms with Gasteiger partial charge in [0, 0.05) is 18.7 Å². The first-order chi connectivity index (χ1) is 16.2. The van der Waals surface area contributed by atoms with Crippen LogP contribution < -0.4 is 4.74 Å². The Bertz CT molecular complexity index is 1160. The molecule has 0 radical (unpaired) electrons. The monoisotopic (exact) mass is 453 g/mol. The van der Waals surface area contributed by atoms with E-state index in [1.165, 1.54) is 16.7 Å². The Morgan fingerprint density at radius 1 is 0.788 bits per heavy atom. The van der Waals surface area contributed by atoms with E-state index < -0.39 is 0 Å². The normalized spacial score (nSPS) is 14.8. The maximum atomic E-state index is 12.8. The molecule has 0 saturated carbocycles. The zero-order valence-electron chi connectivity index (χ0n) is 18.5. The molecule has 0 atom stereocenters. The molecule has 1 saturated heterocycles. The van der Waals surface area contributed by atoms with Crippen molar-refractivity contribution in [1.82, 2.24) is 4.90 Å². The number of piperidine rings is 1. The SMILES string of the molecule is O=C(CN1CCC(Oc2ccc(-c3ccsc3)cc2)CC1)c1ccc(-c2ccccc2)cc1.